The maximum atomic E-state index is 14.1. The first-order valence-electron chi connectivity index (χ1n) is 12.2. The van der Waals surface area contributed by atoms with Crippen molar-refractivity contribution in [2.75, 3.05) is 0 Å². The molecule has 5 nitrogen and oxygen atoms in total. The number of carbonyl (C=O) groups is 2. The van der Waals surface area contributed by atoms with Crippen molar-refractivity contribution in [2.24, 2.45) is 16.7 Å². The van der Waals surface area contributed by atoms with E-state index < -0.39 is 40.2 Å². The third-order valence-electron chi connectivity index (χ3n) is 8.15. The molecule has 0 saturated heterocycles. The van der Waals surface area contributed by atoms with E-state index in [2.05, 4.69) is 5.32 Å². The smallest absolute Gasteiger partial charge is 0.416 e. The Bertz CT molecular complexity index is 1080. The highest BCUT2D eigenvalue weighted by Gasteiger charge is 2.75. The number of rotatable bonds is 6. The fraction of sp³-hybridized carbons (Fsp3) is 0.630. The summed E-state index contributed by atoms with van der Waals surface area (Å²) in [6, 6.07) is 4.02. The lowest BCUT2D eigenvalue weighted by atomic mass is 9.38. The number of nitrogens with zero attached hydrogens (tertiary/aromatic N) is 1. The molecule has 4 aliphatic rings. The molecule has 5 rings (SSSR count). The van der Waals surface area contributed by atoms with E-state index in [0.29, 0.717) is 37.7 Å². The summed E-state index contributed by atoms with van der Waals surface area (Å²) >= 11 is 0. The van der Waals surface area contributed by atoms with Crippen molar-refractivity contribution < 1.29 is 27.9 Å². The third-order valence-corrected chi connectivity index (χ3v) is 8.15. The van der Waals surface area contributed by atoms with Crippen LogP contribution in [-0.4, -0.2) is 27.5 Å². The molecular formula is C27H35F3N2O3. The van der Waals surface area contributed by atoms with E-state index in [-0.39, 0.29) is 16.9 Å². The number of aryl methyl sites for hydroxylation is 1. The van der Waals surface area contributed by atoms with Crippen LogP contribution >= 0.6 is 0 Å². The second-order valence-corrected chi connectivity index (χ2v) is 12.4. The largest absolute Gasteiger partial charge is 0.481 e. The Morgan fingerprint density at radius 1 is 1.17 bits per heavy atom. The summed E-state index contributed by atoms with van der Waals surface area (Å²) in [7, 11) is 0. The fourth-order valence-corrected chi connectivity index (χ4v) is 6.09. The molecule has 0 unspecified atom stereocenters. The van der Waals surface area contributed by atoms with Crippen LogP contribution in [0.5, 0.6) is 0 Å². The number of hydrogen-bond acceptors (Lipinski definition) is 2. The summed E-state index contributed by atoms with van der Waals surface area (Å²) in [5.74, 6) is -0.889. The van der Waals surface area contributed by atoms with Gasteiger partial charge in [-0.15, -0.1) is 0 Å². The zero-order valence-electron chi connectivity index (χ0n) is 21.3. The van der Waals surface area contributed by atoms with Gasteiger partial charge in [-0.3, -0.25) is 9.69 Å². The Kier molecular flexibility index (Phi) is 5.66. The molecule has 0 aromatic heterocycles. The van der Waals surface area contributed by atoms with E-state index in [1.807, 2.05) is 34.6 Å². The molecule has 1 aliphatic heterocycles. The number of carboxylic acids is 1. The van der Waals surface area contributed by atoms with Gasteiger partial charge < -0.3 is 10.4 Å². The monoisotopic (exact) mass is 492 g/mol. The molecule has 3 aliphatic carbocycles. The quantitative estimate of drug-likeness (QED) is 0.478. The fourth-order valence-electron chi connectivity index (χ4n) is 6.09. The van der Waals surface area contributed by atoms with Crippen LogP contribution in [0, 0.1) is 16.7 Å². The molecule has 3 fully saturated rings. The van der Waals surface area contributed by atoms with Crippen LogP contribution in [-0.2, 0) is 22.9 Å². The Labute approximate surface area is 204 Å². The van der Waals surface area contributed by atoms with E-state index in [1.165, 1.54) is 6.07 Å². The number of hydrogen-bond donors (Lipinski definition) is 2. The first kappa shape index (κ1) is 25.6. The molecule has 2 bridgehead atoms. The third kappa shape index (κ3) is 4.12. The summed E-state index contributed by atoms with van der Waals surface area (Å²) in [5, 5.41) is 12.4. The maximum Gasteiger partial charge on any atom is 0.416 e. The Hall–Kier alpha value is -2.51. The van der Waals surface area contributed by atoms with Crippen molar-refractivity contribution in [1.29, 1.82) is 0 Å². The average Bonchev–Trinajstić information content (AvgIpc) is 2.63. The maximum absolute atomic E-state index is 14.1. The van der Waals surface area contributed by atoms with Gasteiger partial charge in [0.1, 0.15) is 0 Å². The number of urea groups is 1. The van der Waals surface area contributed by atoms with Crippen LogP contribution in [0.2, 0.25) is 0 Å². The van der Waals surface area contributed by atoms with E-state index in [0.717, 1.165) is 5.57 Å². The van der Waals surface area contributed by atoms with Gasteiger partial charge in [-0.1, -0.05) is 46.8 Å². The molecule has 1 heterocycles. The van der Waals surface area contributed by atoms with Crippen LogP contribution < -0.4 is 5.32 Å². The van der Waals surface area contributed by atoms with Crippen molar-refractivity contribution in [3.63, 3.8) is 0 Å². The topological polar surface area (TPSA) is 69.6 Å². The minimum Gasteiger partial charge on any atom is -0.481 e. The number of aliphatic carboxylic acids is 1. The van der Waals surface area contributed by atoms with Crippen molar-refractivity contribution in [3.05, 3.63) is 46.7 Å². The molecule has 0 spiro atoms. The molecule has 1 atom stereocenters. The van der Waals surface area contributed by atoms with Crippen LogP contribution in [0.1, 0.15) is 83.9 Å². The SMILES string of the molecule is CC(C)C1=CN(C23CC(C(=O)O)(C2)C3)C(=O)N[C@@]1(C)c1ccc(CCC(C)(C)C)c(C(F)(F)F)c1. The van der Waals surface area contributed by atoms with Gasteiger partial charge in [0.05, 0.1) is 22.1 Å². The first-order valence-corrected chi connectivity index (χ1v) is 12.2. The van der Waals surface area contributed by atoms with E-state index in [9.17, 15) is 27.9 Å². The number of carbonyl (C=O) groups excluding carboxylic acids is 1. The normalized spacial score (nSPS) is 30.4. The molecule has 2 N–H and O–H groups in total. The Morgan fingerprint density at radius 3 is 2.26 bits per heavy atom. The minimum absolute atomic E-state index is 0.0567. The molecule has 35 heavy (non-hydrogen) atoms. The van der Waals surface area contributed by atoms with Gasteiger partial charge in [-0.2, -0.15) is 13.2 Å². The number of benzene rings is 1. The van der Waals surface area contributed by atoms with Crippen molar-refractivity contribution in [2.45, 2.75) is 90.9 Å². The van der Waals surface area contributed by atoms with Gasteiger partial charge in [0.25, 0.3) is 0 Å². The molecule has 1 aromatic rings. The zero-order chi connectivity index (χ0) is 26.2. The highest BCUT2D eigenvalue weighted by molar-refractivity contribution is 5.85. The summed E-state index contributed by atoms with van der Waals surface area (Å²) < 4.78 is 42.3. The van der Waals surface area contributed by atoms with Crippen LogP contribution in [0.3, 0.4) is 0 Å². The van der Waals surface area contributed by atoms with Crippen LogP contribution in [0.15, 0.2) is 30.0 Å². The number of amides is 2. The molecule has 8 heteroatoms. The van der Waals surface area contributed by atoms with Gasteiger partial charge in [-0.05, 0) is 73.1 Å². The number of carboxylic acid groups (broad SMARTS) is 1. The van der Waals surface area contributed by atoms with Crippen molar-refractivity contribution in [3.8, 4) is 0 Å². The molecular weight excluding hydrogens is 457 g/mol. The summed E-state index contributed by atoms with van der Waals surface area (Å²) in [6.45, 7) is 11.7. The average molecular weight is 493 g/mol. The second-order valence-electron chi connectivity index (χ2n) is 12.4. The van der Waals surface area contributed by atoms with Crippen molar-refractivity contribution in [1.82, 2.24) is 10.2 Å². The summed E-state index contributed by atoms with van der Waals surface area (Å²) in [4.78, 5) is 26.4. The predicted molar refractivity (Wildman–Crippen MR) is 127 cm³/mol. The van der Waals surface area contributed by atoms with Gasteiger partial charge in [0, 0.05) is 6.20 Å². The molecule has 0 radical (unpaired) electrons. The van der Waals surface area contributed by atoms with E-state index in [4.69, 9.17) is 0 Å². The predicted octanol–water partition coefficient (Wildman–Crippen LogP) is 6.47. The van der Waals surface area contributed by atoms with E-state index >= 15 is 0 Å². The lowest BCUT2D eigenvalue weighted by Gasteiger charge is -2.71. The van der Waals surface area contributed by atoms with Crippen molar-refractivity contribution >= 4 is 12.0 Å². The van der Waals surface area contributed by atoms with Gasteiger partial charge in [0.15, 0.2) is 0 Å². The van der Waals surface area contributed by atoms with Crippen LogP contribution in [0.4, 0.5) is 18.0 Å². The molecule has 192 valence electrons. The lowest BCUT2D eigenvalue weighted by molar-refractivity contribution is -0.215. The molecule has 3 saturated carbocycles. The molecule has 2 amide bonds. The number of halogens is 3. The van der Waals surface area contributed by atoms with Crippen LogP contribution in [0.25, 0.3) is 0 Å². The molecule has 1 aromatic carbocycles. The minimum atomic E-state index is -4.51. The standard InChI is InChI=1S/C27H35F3N2O3/c1-16(2)20-12-32(26-13-25(14-26,15-26)21(33)34)22(35)31-24(20,6)18-8-7-17(9-10-23(3,4)5)19(11-18)27(28,29)30/h7-8,11-12,16H,9-10,13-15H2,1-6H3,(H,31,35)(H,33,34)/t24-,25?,26?/m0/s1. The first-order chi connectivity index (χ1) is 15.9. The second kappa shape index (κ2) is 7.74. The number of nitrogens with one attached hydrogen (secondary N) is 1. The zero-order valence-corrected chi connectivity index (χ0v) is 21.3. The van der Waals surface area contributed by atoms with Gasteiger partial charge in [0.2, 0.25) is 0 Å². The highest BCUT2D eigenvalue weighted by Crippen LogP contribution is 2.70. The Balaban J connectivity index is 1.71. The number of alkyl halides is 3. The Morgan fingerprint density at radius 2 is 1.77 bits per heavy atom. The summed E-state index contributed by atoms with van der Waals surface area (Å²) in [6.07, 6.45) is -0.601. The van der Waals surface area contributed by atoms with E-state index in [1.54, 1.807) is 30.2 Å². The lowest BCUT2D eigenvalue weighted by Crippen LogP contribution is -2.78. The highest BCUT2D eigenvalue weighted by atomic mass is 19.4. The van der Waals surface area contributed by atoms with Gasteiger partial charge >= 0.3 is 18.2 Å². The van der Waals surface area contributed by atoms with Gasteiger partial charge in [-0.25, -0.2) is 4.79 Å². The summed E-state index contributed by atoms with van der Waals surface area (Å²) in [5.41, 5.74) is -1.69.